The highest BCUT2D eigenvalue weighted by Gasteiger charge is 2.24. The lowest BCUT2D eigenvalue weighted by atomic mass is 10.2. The molecule has 12 nitrogen and oxygen atoms in total. The monoisotopic (exact) mass is 431 g/mol. The van der Waals surface area contributed by atoms with E-state index in [1.807, 2.05) is 36.4 Å². The smallest absolute Gasteiger partial charge is 0.308 e. The predicted octanol–water partition coefficient (Wildman–Crippen LogP) is 2.20. The number of aromatic nitrogens is 6. The first kappa shape index (κ1) is 20.5. The van der Waals surface area contributed by atoms with E-state index in [2.05, 4.69) is 20.6 Å². The molecule has 0 saturated carbocycles. The number of carbonyl (C=O) groups excluding carboxylic acids is 1. The molecule has 0 radical (unpaired) electrons. The molecular weight excluding hydrogens is 414 g/mol. The molecule has 0 saturated heterocycles. The van der Waals surface area contributed by atoms with Gasteiger partial charge in [-0.25, -0.2) is 4.68 Å². The van der Waals surface area contributed by atoms with Gasteiger partial charge in [-0.05, 0) is 19.1 Å². The number of anilines is 1. The van der Waals surface area contributed by atoms with Crippen molar-refractivity contribution in [1.82, 2.24) is 29.3 Å². The van der Waals surface area contributed by atoms with Crippen LogP contribution in [0.5, 0.6) is 0 Å². The Morgan fingerprint density at radius 1 is 1.25 bits per heavy atom. The number of nitro groups is 1. The Balaban J connectivity index is 1.59. The Hall–Kier alpha value is -4.79. The van der Waals surface area contributed by atoms with Gasteiger partial charge < -0.3 is 5.32 Å². The highest BCUT2D eigenvalue weighted by molar-refractivity contribution is 5.91. The maximum atomic E-state index is 12.5. The van der Waals surface area contributed by atoms with E-state index < -0.39 is 10.8 Å². The summed E-state index contributed by atoms with van der Waals surface area (Å²) in [5.41, 5.74) is 1.81. The molecule has 0 spiro atoms. The molecule has 0 fully saturated rings. The zero-order valence-electron chi connectivity index (χ0n) is 17.1. The van der Waals surface area contributed by atoms with Crippen LogP contribution in [0.1, 0.15) is 11.3 Å². The number of hydrogen-bond acceptors (Lipinski definition) is 7. The third-order valence-electron chi connectivity index (χ3n) is 4.71. The maximum Gasteiger partial charge on any atom is 0.315 e. The molecule has 1 amide bonds. The molecule has 0 unspecified atom stereocenters. The van der Waals surface area contributed by atoms with Gasteiger partial charge in [-0.3, -0.25) is 24.3 Å². The Morgan fingerprint density at radius 2 is 2.00 bits per heavy atom. The van der Waals surface area contributed by atoms with Crippen LogP contribution in [-0.2, 0) is 18.4 Å². The van der Waals surface area contributed by atoms with Gasteiger partial charge in [-0.1, -0.05) is 18.2 Å². The molecule has 0 atom stereocenters. The topological polar surface area (TPSA) is 149 Å². The van der Waals surface area contributed by atoms with Crippen LogP contribution in [0.3, 0.4) is 0 Å². The summed E-state index contributed by atoms with van der Waals surface area (Å²) in [4.78, 5) is 23.5. The van der Waals surface area contributed by atoms with Crippen molar-refractivity contribution < 1.29 is 9.72 Å². The SMILES string of the molecule is Cc1nn(C)c(NC(=O)Cn2cc([N+](=O)[O-])c(-c3cnn(-c4ccccc4)c3)n2)c1C#N. The van der Waals surface area contributed by atoms with Crippen molar-refractivity contribution in [1.29, 1.82) is 5.26 Å². The lowest BCUT2D eigenvalue weighted by Crippen LogP contribution is -2.21. The molecule has 1 aromatic carbocycles. The van der Waals surface area contributed by atoms with Crippen LogP contribution in [0.2, 0.25) is 0 Å². The number of nitrogens with one attached hydrogen (secondary N) is 1. The molecular formula is C20H17N9O3. The minimum Gasteiger partial charge on any atom is -0.308 e. The van der Waals surface area contributed by atoms with Gasteiger partial charge in [-0.15, -0.1) is 0 Å². The summed E-state index contributed by atoms with van der Waals surface area (Å²) in [7, 11) is 1.60. The van der Waals surface area contributed by atoms with E-state index >= 15 is 0 Å². The average molecular weight is 431 g/mol. The van der Waals surface area contributed by atoms with E-state index in [4.69, 9.17) is 0 Å². The molecule has 0 aliphatic heterocycles. The summed E-state index contributed by atoms with van der Waals surface area (Å²) in [6.45, 7) is 1.37. The van der Waals surface area contributed by atoms with E-state index in [1.54, 1.807) is 24.9 Å². The Morgan fingerprint density at radius 3 is 2.69 bits per heavy atom. The van der Waals surface area contributed by atoms with Crippen LogP contribution in [0.25, 0.3) is 16.9 Å². The van der Waals surface area contributed by atoms with Gasteiger partial charge in [-0.2, -0.15) is 20.6 Å². The first-order valence-electron chi connectivity index (χ1n) is 9.43. The molecule has 4 rings (SSSR count). The van der Waals surface area contributed by atoms with Crippen molar-refractivity contribution in [2.24, 2.45) is 7.05 Å². The van der Waals surface area contributed by atoms with Gasteiger partial charge in [0.1, 0.15) is 30.2 Å². The standard InChI is InChI=1S/C20H17N9O3/c1-13-16(8-21)20(26(2)24-13)23-18(30)12-27-11-17(29(31)32)19(25-27)14-9-22-28(10-14)15-6-4-3-5-7-15/h3-7,9-11H,12H2,1-2H3,(H,23,30). The number of hydrogen-bond donors (Lipinski definition) is 1. The molecule has 0 aliphatic rings. The second-order valence-electron chi connectivity index (χ2n) is 6.92. The molecule has 0 bridgehead atoms. The largest absolute Gasteiger partial charge is 0.315 e. The third-order valence-corrected chi connectivity index (χ3v) is 4.71. The van der Waals surface area contributed by atoms with Crippen molar-refractivity contribution in [3.63, 3.8) is 0 Å². The lowest BCUT2D eigenvalue weighted by molar-refractivity contribution is -0.384. The molecule has 3 heterocycles. The number of nitrogens with zero attached hydrogens (tertiary/aromatic N) is 8. The first-order valence-corrected chi connectivity index (χ1v) is 9.43. The summed E-state index contributed by atoms with van der Waals surface area (Å²) in [6.07, 6.45) is 4.30. The van der Waals surface area contributed by atoms with Crippen molar-refractivity contribution in [3.8, 4) is 23.0 Å². The molecule has 1 N–H and O–H groups in total. The van der Waals surface area contributed by atoms with E-state index in [9.17, 15) is 20.2 Å². The number of carbonyl (C=O) groups is 1. The molecule has 160 valence electrons. The number of amides is 1. The van der Waals surface area contributed by atoms with E-state index in [0.717, 1.165) is 5.69 Å². The van der Waals surface area contributed by atoms with Gasteiger partial charge in [0.05, 0.1) is 22.5 Å². The van der Waals surface area contributed by atoms with Crippen molar-refractivity contribution >= 4 is 17.4 Å². The van der Waals surface area contributed by atoms with Crippen molar-refractivity contribution in [2.45, 2.75) is 13.5 Å². The van der Waals surface area contributed by atoms with Crippen molar-refractivity contribution in [3.05, 3.63) is 70.3 Å². The predicted molar refractivity (Wildman–Crippen MR) is 113 cm³/mol. The van der Waals surface area contributed by atoms with Gasteiger partial charge in [0.2, 0.25) is 5.91 Å². The summed E-state index contributed by atoms with van der Waals surface area (Å²) in [5, 5.41) is 36.0. The normalized spacial score (nSPS) is 10.7. The fourth-order valence-electron chi connectivity index (χ4n) is 3.25. The highest BCUT2D eigenvalue weighted by atomic mass is 16.6. The third kappa shape index (κ3) is 3.82. The Labute approximate surface area is 181 Å². The average Bonchev–Trinajstić information content (AvgIpc) is 3.46. The van der Waals surface area contributed by atoms with E-state index in [1.165, 1.54) is 21.8 Å². The second kappa shape index (κ2) is 8.15. The quantitative estimate of drug-likeness (QED) is 0.363. The van der Waals surface area contributed by atoms with E-state index in [0.29, 0.717) is 11.3 Å². The van der Waals surface area contributed by atoms with Gasteiger partial charge in [0, 0.05) is 18.8 Å². The second-order valence-corrected chi connectivity index (χ2v) is 6.92. The zero-order valence-corrected chi connectivity index (χ0v) is 17.1. The number of para-hydroxylation sites is 1. The van der Waals surface area contributed by atoms with Crippen LogP contribution in [0.15, 0.2) is 48.9 Å². The summed E-state index contributed by atoms with van der Waals surface area (Å²) >= 11 is 0. The maximum absolute atomic E-state index is 12.5. The fourth-order valence-corrected chi connectivity index (χ4v) is 3.25. The Bertz CT molecular complexity index is 1360. The van der Waals surface area contributed by atoms with Crippen LogP contribution >= 0.6 is 0 Å². The first-order chi connectivity index (χ1) is 15.4. The highest BCUT2D eigenvalue weighted by Crippen LogP contribution is 2.28. The van der Waals surface area contributed by atoms with Gasteiger partial charge in [0.25, 0.3) is 0 Å². The van der Waals surface area contributed by atoms with Gasteiger partial charge >= 0.3 is 5.69 Å². The molecule has 0 aliphatic carbocycles. The number of aryl methyl sites for hydroxylation is 2. The van der Waals surface area contributed by atoms with Crippen LogP contribution in [0, 0.1) is 28.4 Å². The lowest BCUT2D eigenvalue weighted by Gasteiger charge is -2.05. The summed E-state index contributed by atoms with van der Waals surface area (Å²) < 4.78 is 4.15. The zero-order chi connectivity index (χ0) is 22.8. The number of benzene rings is 1. The van der Waals surface area contributed by atoms with E-state index in [-0.39, 0.29) is 29.3 Å². The van der Waals surface area contributed by atoms with Crippen LogP contribution in [-0.4, -0.2) is 40.2 Å². The molecule has 4 aromatic rings. The van der Waals surface area contributed by atoms with Crippen LogP contribution in [0.4, 0.5) is 11.5 Å². The number of nitriles is 1. The minimum atomic E-state index is -0.561. The molecule has 32 heavy (non-hydrogen) atoms. The van der Waals surface area contributed by atoms with Crippen LogP contribution < -0.4 is 5.32 Å². The Kier molecular flexibility index (Phi) is 5.22. The fraction of sp³-hybridized carbons (Fsp3) is 0.150. The summed E-state index contributed by atoms with van der Waals surface area (Å²) in [6, 6.07) is 11.3. The molecule has 3 aromatic heterocycles. The number of rotatable bonds is 6. The van der Waals surface area contributed by atoms with Gasteiger partial charge in [0.15, 0.2) is 5.69 Å². The van der Waals surface area contributed by atoms with Crippen molar-refractivity contribution in [2.75, 3.05) is 5.32 Å². The summed E-state index contributed by atoms with van der Waals surface area (Å²) in [5.74, 6) is -0.255. The minimum absolute atomic E-state index is 0.0964. The molecule has 12 heteroatoms.